The van der Waals surface area contributed by atoms with Gasteiger partial charge in [-0.3, -0.25) is 0 Å². The number of halogens is 2. The van der Waals surface area contributed by atoms with E-state index in [0.29, 0.717) is 49.7 Å². The molecule has 3 aromatic rings. The third-order valence-electron chi connectivity index (χ3n) is 3.80. The highest BCUT2D eigenvalue weighted by Crippen LogP contribution is 2.42. The largest absolute Gasteiger partial charge is 0.497 e. The Hall–Kier alpha value is -2.21. The molecule has 1 heterocycles. The molecule has 0 aliphatic rings. The smallest absolute Gasteiger partial charge is 0.176 e. The summed E-state index contributed by atoms with van der Waals surface area (Å²) in [5.74, 6) is 1.55. The molecule has 0 fully saturated rings. The second-order valence-electron chi connectivity index (χ2n) is 5.16. The number of aliphatic hydroxyl groups excluding tert-OH is 1. The summed E-state index contributed by atoms with van der Waals surface area (Å²) in [6, 6.07) is 10.4. The molecule has 7 heteroatoms. The van der Waals surface area contributed by atoms with E-state index in [1.54, 1.807) is 50.6 Å². The molecule has 5 nitrogen and oxygen atoms in total. The Morgan fingerprint density at radius 2 is 1.80 bits per heavy atom. The molecule has 0 radical (unpaired) electrons. The van der Waals surface area contributed by atoms with Crippen LogP contribution in [0.25, 0.3) is 22.6 Å². The van der Waals surface area contributed by atoms with E-state index in [0.717, 1.165) is 0 Å². The van der Waals surface area contributed by atoms with Gasteiger partial charge in [-0.15, -0.1) is 0 Å². The fraction of sp³-hybridized carbons (Fsp3) is 0.167. The number of benzene rings is 2. The minimum Gasteiger partial charge on any atom is -0.497 e. The average Bonchev–Trinajstić information content (AvgIpc) is 3.04. The number of hydrogen-bond donors (Lipinski definition) is 1. The van der Waals surface area contributed by atoms with E-state index in [9.17, 15) is 5.11 Å². The second kappa shape index (κ2) is 7.35. The van der Waals surface area contributed by atoms with Crippen molar-refractivity contribution in [3.63, 3.8) is 0 Å². The van der Waals surface area contributed by atoms with Gasteiger partial charge >= 0.3 is 0 Å². The zero-order chi connectivity index (χ0) is 18.0. The molecule has 0 spiro atoms. The Balaban J connectivity index is 2.19. The predicted molar refractivity (Wildman–Crippen MR) is 96.4 cm³/mol. The van der Waals surface area contributed by atoms with Crippen LogP contribution < -0.4 is 9.47 Å². The van der Waals surface area contributed by atoms with Crippen molar-refractivity contribution in [1.82, 2.24) is 5.16 Å². The Bertz CT molecular complexity index is 888. The van der Waals surface area contributed by atoms with Crippen LogP contribution in [0, 0.1) is 0 Å². The molecule has 0 atom stereocenters. The summed E-state index contributed by atoms with van der Waals surface area (Å²) < 4.78 is 16.1. The molecule has 1 aromatic heterocycles. The maximum Gasteiger partial charge on any atom is 0.176 e. The summed E-state index contributed by atoms with van der Waals surface area (Å²) >= 11 is 12.5. The van der Waals surface area contributed by atoms with E-state index in [2.05, 4.69) is 5.16 Å². The van der Waals surface area contributed by atoms with Crippen molar-refractivity contribution in [2.45, 2.75) is 6.61 Å². The number of ether oxygens (including phenoxy) is 2. The number of aromatic nitrogens is 1. The first-order chi connectivity index (χ1) is 12.1. The molecule has 0 saturated heterocycles. The van der Waals surface area contributed by atoms with Gasteiger partial charge in [-0.05, 0) is 24.3 Å². The average molecular weight is 380 g/mol. The van der Waals surface area contributed by atoms with E-state index >= 15 is 0 Å². The summed E-state index contributed by atoms with van der Waals surface area (Å²) in [5.41, 5.74) is 2.01. The van der Waals surface area contributed by atoms with Gasteiger partial charge in [0, 0.05) is 11.6 Å². The van der Waals surface area contributed by atoms with Crippen molar-refractivity contribution in [1.29, 1.82) is 0 Å². The molecule has 130 valence electrons. The molecule has 0 aliphatic heterocycles. The van der Waals surface area contributed by atoms with Gasteiger partial charge in [-0.25, -0.2) is 0 Å². The van der Waals surface area contributed by atoms with Crippen LogP contribution in [0.2, 0.25) is 10.0 Å². The number of aliphatic hydroxyl groups is 1. The summed E-state index contributed by atoms with van der Waals surface area (Å²) in [5, 5.41) is 14.8. The molecule has 0 bridgehead atoms. The fourth-order valence-electron chi connectivity index (χ4n) is 2.57. The molecular weight excluding hydrogens is 365 g/mol. The Morgan fingerprint density at radius 1 is 1.08 bits per heavy atom. The van der Waals surface area contributed by atoms with Crippen molar-refractivity contribution in [2.24, 2.45) is 0 Å². The standard InChI is InChI=1S/C18H15Cl2NO4/c1-23-10-6-7-11(15(8-10)24-2)18-12(9-22)17(21-25-18)16-13(19)4-3-5-14(16)20/h3-8,22H,9H2,1-2H3. The lowest BCUT2D eigenvalue weighted by molar-refractivity contribution is 0.281. The van der Waals surface area contributed by atoms with E-state index in [1.807, 2.05) is 0 Å². The number of methoxy groups -OCH3 is 2. The van der Waals surface area contributed by atoms with Crippen LogP contribution in [0.5, 0.6) is 11.5 Å². The lowest BCUT2D eigenvalue weighted by Gasteiger charge is -2.09. The van der Waals surface area contributed by atoms with Gasteiger partial charge in [0.2, 0.25) is 0 Å². The topological polar surface area (TPSA) is 64.7 Å². The molecule has 0 amide bonds. The minimum absolute atomic E-state index is 0.301. The molecule has 0 unspecified atom stereocenters. The SMILES string of the molecule is COc1ccc(-c2onc(-c3c(Cl)cccc3Cl)c2CO)c(OC)c1. The highest BCUT2D eigenvalue weighted by Gasteiger charge is 2.24. The lowest BCUT2D eigenvalue weighted by Crippen LogP contribution is -1.93. The molecule has 2 aromatic carbocycles. The molecular formula is C18H15Cl2NO4. The van der Waals surface area contributed by atoms with Crippen LogP contribution in [-0.4, -0.2) is 24.5 Å². The van der Waals surface area contributed by atoms with Gasteiger partial charge in [0.05, 0.1) is 42.0 Å². The van der Waals surface area contributed by atoms with E-state index < -0.39 is 0 Å². The molecule has 0 aliphatic carbocycles. The molecule has 1 N–H and O–H groups in total. The van der Waals surface area contributed by atoms with E-state index in [4.69, 9.17) is 37.2 Å². The Morgan fingerprint density at radius 3 is 2.40 bits per heavy atom. The third-order valence-corrected chi connectivity index (χ3v) is 4.43. The third kappa shape index (κ3) is 3.18. The quantitative estimate of drug-likeness (QED) is 0.687. The highest BCUT2D eigenvalue weighted by molar-refractivity contribution is 6.39. The fourth-order valence-corrected chi connectivity index (χ4v) is 3.15. The number of rotatable bonds is 5. The van der Waals surface area contributed by atoms with E-state index in [-0.39, 0.29) is 6.61 Å². The lowest BCUT2D eigenvalue weighted by atomic mass is 10.0. The van der Waals surface area contributed by atoms with Gasteiger partial charge < -0.3 is 19.1 Å². The summed E-state index contributed by atoms with van der Waals surface area (Å²) in [7, 11) is 3.11. The van der Waals surface area contributed by atoms with Crippen LogP contribution >= 0.6 is 23.2 Å². The van der Waals surface area contributed by atoms with Crippen molar-refractivity contribution in [3.8, 4) is 34.1 Å². The first-order valence-corrected chi connectivity index (χ1v) is 8.12. The summed E-state index contributed by atoms with van der Waals surface area (Å²) in [4.78, 5) is 0. The number of hydrogen-bond acceptors (Lipinski definition) is 5. The maximum atomic E-state index is 9.91. The molecule has 0 saturated carbocycles. The number of nitrogens with zero attached hydrogens (tertiary/aromatic N) is 1. The molecule has 3 rings (SSSR count). The zero-order valence-corrected chi connectivity index (χ0v) is 15.1. The van der Waals surface area contributed by atoms with Gasteiger partial charge in [0.25, 0.3) is 0 Å². The van der Waals surface area contributed by atoms with Crippen molar-refractivity contribution in [2.75, 3.05) is 14.2 Å². The normalized spacial score (nSPS) is 10.8. The van der Waals surface area contributed by atoms with Gasteiger partial charge in [-0.1, -0.05) is 34.4 Å². The van der Waals surface area contributed by atoms with Crippen molar-refractivity contribution >= 4 is 23.2 Å². The monoisotopic (exact) mass is 379 g/mol. The van der Waals surface area contributed by atoms with Gasteiger partial charge in [-0.2, -0.15) is 0 Å². The zero-order valence-electron chi connectivity index (χ0n) is 13.5. The van der Waals surface area contributed by atoms with E-state index in [1.165, 1.54) is 0 Å². The minimum atomic E-state index is -0.301. The van der Waals surface area contributed by atoms with Crippen LogP contribution in [-0.2, 0) is 6.61 Å². The first-order valence-electron chi connectivity index (χ1n) is 7.36. The summed E-state index contributed by atoms with van der Waals surface area (Å²) in [6.07, 6.45) is 0. The van der Waals surface area contributed by atoms with Crippen molar-refractivity contribution in [3.05, 3.63) is 52.0 Å². The highest BCUT2D eigenvalue weighted by atomic mass is 35.5. The van der Waals surface area contributed by atoms with Gasteiger partial charge in [0.15, 0.2) is 5.76 Å². The van der Waals surface area contributed by atoms with Crippen LogP contribution in [0.4, 0.5) is 0 Å². The van der Waals surface area contributed by atoms with Gasteiger partial charge in [0.1, 0.15) is 17.2 Å². The first kappa shape index (κ1) is 17.6. The van der Waals surface area contributed by atoms with Crippen LogP contribution in [0.1, 0.15) is 5.56 Å². The Kier molecular flexibility index (Phi) is 5.18. The van der Waals surface area contributed by atoms with Crippen molar-refractivity contribution < 1.29 is 19.1 Å². The predicted octanol–water partition coefficient (Wildman–Crippen LogP) is 4.82. The summed E-state index contributed by atoms with van der Waals surface area (Å²) in [6.45, 7) is -0.301. The molecule has 25 heavy (non-hydrogen) atoms. The van der Waals surface area contributed by atoms with Crippen LogP contribution in [0.15, 0.2) is 40.9 Å². The van der Waals surface area contributed by atoms with Crippen LogP contribution in [0.3, 0.4) is 0 Å². The maximum absolute atomic E-state index is 9.91. The Labute approximate surface area is 154 Å². The second-order valence-corrected chi connectivity index (χ2v) is 5.97.